The summed E-state index contributed by atoms with van der Waals surface area (Å²) in [6, 6.07) is 8.94. The normalized spacial score (nSPS) is 15.5. The molecule has 8 heteroatoms. The third-order valence-electron chi connectivity index (χ3n) is 6.68. The van der Waals surface area contributed by atoms with Crippen LogP contribution in [0.15, 0.2) is 24.3 Å². The molecule has 0 saturated heterocycles. The van der Waals surface area contributed by atoms with Gasteiger partial charge in [-0.2, -0.15) is 0 Å². The molecule has 0 spiro atoms. The summed E-state index contributed by atoms with van der Waals surface area (Å²) in [5.74, 6) is 0.818. The molecular weight excluding hydrogens is 476 g/mol. The Morgan fingerprint density at radius 3 is 2.14 bits per heavy atom. The maximum atomic E-state index is 11.5. The van der Waals surface area contributed by atoms with Gasteiger partial charge in [0, 0.05) is 27.5 Å². The first-order valence-electron chi connectivity index (χ1n) is 12.7. The molecule has 0 aliphatic rings. The highest BCUT2D eigenvalue weighted by molar-refractivity contribution is 6.76. The number of carbonyl (C=O) groups is 1. The van der Waals surface area contributed by atoms with Crippen molar-refractivity contribution in [2.75, 3.05) is 20.5 Å². The Morgan fingerprint density at radius 2 is 1.63 bits per heavy atom. The molecule has 0 amide bonds. The van der Waals surface area contributed by atoms with Crippen LogP contribution in [0.4, 0.5) is 0 Å². The maximum Gasteiger partial charge on any atom is 0.192 e. The van der Waals surface area contributed by atoms with Crippen molar-refractivity contribution in [3.63, 3.8) is 0 Å². The average Bonchev–Trinajstić information content (AvgIpc) is 2.75. The summed E-state index contributed by atoms with van der Waals surface area (Å²) < 4.78 is 30.1. The SMILES string of the molecule is COc1ccc(CO[C@H](C)[C@@H](C[C@H](CC=O)O[Si](C)(C)C(C)(C)C)OCOCC[Si](C)(C)C)cc1. The molecule has 0 aliphatic heterocycles. The summed E-state index contributed by atoms with van der Waals surface area (Å²) in [6.07, 6.45) is 1.19. The van der Waals surface area contributed by atoms with Gasteiger partial charge in [-0.05, 0) is 48.8 Å². The topological polar surface area (TPSA) is 63.2 Å². The molecule has 0 saturated carbocycles. The van der Waals surface area contributed by atoms with Crippen molar-refractivity contribution < 1.29 is 28.2 Å². The van der Waals surface area contributed by atoms with Gasteiger partial charge in [0.1, 0.15) is 18.8 Å². The Bertz CT molecular complexity index is 725. The zero-order chi connectivity index (χ0) is 26.7. The summed E-state index contributed by atoms with van der Waals surface area (Å²) >= 11 is 0. The van der Waals surface area contributed by atoms with Crippen molar-refractivity contribution in [1.29, 1.82) is 0 Å². The fourth-order valence-electron chi connectivity index (χ4n) is 3.18. The molecular formula is C27H50O6Si2. The van der Waals surface area contributed by atoms with E-state index in [2.05, 4.69) is 53.5 Å². The molecule has 3 atom stereocenters. The Labute approximate surface area is 216 Å². The summed E-state index contributed by atoms with van der Waals surface area (Å²) in [6.45, 7) is 21.4. The van der Waals surface area contributed by atoms with Gasteiger partial charge < -0.3 is 28.2 Å². The number of benzene rings is 1. The molecule has 35 heavy (non-hydrogen) atoms. The molecule has 6 nitrogen and oxygen atoms in total. The molecule has 0 heterocycles. The largest absolute Gasteiger partial charge is 0.497 e. The van der Waals surface area contributed by atoms with Crippen molar-refractivity contribution in [2.24, 2.45) is 0 Å². The van der Waals surface area contributed by atoms with E-state index in [9.17, 15) is 4.79 Å². The number of hydrogen-bond donors (Lipinski definition) is 0. The van der Waals surface area contributed by atoms with Gasteiger partial charge in [-0.15, -0.1) is 0 Å². The van der Waals surface area contributed by atoms with Crippen molar-refractivity contribution in [3.05, 3.63) is 29.8 Å². The van der Waals surface area contributed by atoms with Crippen LogP contribution in [-0.2, 0) is 30.0 Å². The number of methoxy groups -OCH3 is 1. The van der Waals surface area contributed by atoms with E-state index in [4.69, 9.17) is 23.4 Å². The molecule has 0 bridgehead atoms. The van der Waals surface area contributed by atoms with Crippen LogP contribution in [-0.4, -0.2) is 61.5 Å². The van der Waals surface area contributed by atoms with Gasteiger partial charge in [-0.25, -0.2) is 0 Å². The minimum atomic E-state index is -2.05. The molecule has 0 N–H and O–H groups in total. The van der Waals surface area contributed by atoms with E-state index in [0.29, 0.717) is 26.1 Å². The number of hydrogen-bond acceptors (Lipinski definition) is 6. The Morgan fingerprint density at radius 1 is 1.00 bits per heavy atom. The Kier molecular flexibility index (Phi) is 13.4. The fraction of sp³-hybridized carbons (Fsp3) is 0.741. The first-order chi connectivity index (χ1) is 16.2. The van der Waals surface area contributed by atoms with E-state index >= 15 is 0 Å². The number of carbonyl (C=O) groups excluding carboxylic acids is 1. The van der Waals surface area contributed by atoms with Gasteiger partial charge in [0.15, 0.2) is 8.32 Å². The second-order valence-corrected chi connectivity index (χ2v) is 22.4. The smallest absolute Gasteiger partial charge is 0.192 e. The van der Waals surface area contributed by atoms with Crippen molar-refractivity contribution in [1.82, 2.24) is 0 Å². The monoisotopic (exact) mass is 526 g/mol. The molecule has 0 unspecified atom stereocenters. The second kappa shape index (κ2) is 14.6. The van der Waals surface area contributed by atoms with Crippen LogP contribution in [0.1, 0.15) is 46.1 Å². The molecule has 1 aromatic rings. The zero-order valence-electron chi connectivity index (χ0n) is 23.8. The maximum absolute atomic E-state index is 11.5. The van der Waals surface area contributed by atoms with E-state index < -0.39 is 16.4 Å². The van der Waals surface area contributed by atoms with Crippen LogP contribution >= 0.6 is 0 Å². The van der Waals surface area contributed by atoms with Crippen LogP contribution in [0.3, 0.4) is 0 Å². The zero-order valence-corrected chi connectivity index (χ0v) is 25.8. The first kappa shape index (κ1) is 32.0. The van der Waals surface area contributed by atoms with E-state index in [1.807, 2.05) is 31.2 Å². The van der Waals surface area contributed by atoms with Crippen molar-refractivity contribution in [2.45, 2.75) is 109 Å². The minimum absolute atomic E-state index is 0.0565. The quantitative estimate of drug-likeness (QED) is 0.0978. The van der Waals surface area contributed by atoms with E-state index in [1.54, 1.807) is 7.11 Å². The predicted molar refractivity (Wildman–Crippen MR) is 148 cm³/mol. The van der Waals surface area contributed by atoms with Crippen LogP contribution in [0.5, 0.6) is 5.75 Å². The first-order valence-corrected chi connectivity index (χ1v) is 19.4. The van der Waals surface area contributed by atoms with Crippen LogP contribution in [0.25, 0.3) is 0 Å². The highest BCUT2D eigenvalue weighted by Crippen LogP contribution is 2.38. The predicted octanol–water partition coefficient (Wildman–Crippen LogP) is 6.67. The number of rotatable bonds is 17. The second-order valence-electron chi connectivity index (χ2n) is 12.0. The lowest BCUT2D eigenvalue weighted by molar-refractivity contribution is -0.144. The fourth-order valence-corrected chi connectivity index (χ4v) is 5.31. The summed E-state index contributed by atoms with van der Waals surface area (Å²) in [5.41, 5.74) is 1.06. The summed E-state index contributed by atoms with van der Waals surface area (Å²) in [5, 5.41) is 0.0565. The Balaban J connectivity index is 2.86. The average molecular weight is 527 g/mol. The molecule has 0 radical (unpaired) electrons. The molecule has 1 aromatic carbocycles. The van der Waals surface area contributed by atoms with Crippen molar-refractivity contribution in [3.8, 4) is 5.75 Å². The van der Waals surface area contributed by atoms with Crippen molar-refractivity contribution >= 4 is 22.7 Å². The standard InChI is InChI=1S/C27H50O6Si2/c1-22(31-20-23-11-13-24(29-5)14-12-23)26(32-21-30-17-18-34(6,7)8)19-25(15-16-28)33-35(9,10)27(2,3)4/h11-14,16,22,25-26H,15,17-21H2,1-10H3/t22-,25+,26-/m1/s1. The van der Waals surface area contributed by atoms with Gasteiger partial charge in [0.05, 0.1) is 32.0 Å². The van der Waals surface area contributed by atoms with Gasteiger partial charge in [-0.1, -0.05) is 52.5 Å². The van der Waals surface area contributed by atoms with Crippen LogP contribution in [0, 0.1) is 0 Å². The summed E-state index contributed by atoms with van der Waals surface area (Å²) in [4.78, 5) is 11.5. The number of ether oxygens (including phenoxy) is 4. The molecule has 1 rings (SSSR count). The van der Waals surface area contributed by atoms with Gasteiger partial charge in [0.2, 0.25) is 0 Å². The molecule has 202 valence electrons. The molecule has 0 aromatic heterocycles. The van der Waals surface area contributed by atoms with Crippen LogP contribution < -0.4 is 4.74 Å². The Hall–Kier alpha value is -1.04. The molecule has 0 aliphatic carbocycles. The van der Waals surface area contributed by atoms with Crippen LogP contribution in [0.2, 0.25) is 43.8 Å². The third-order valence-corrected chi connectivity index (χ3v) is 12.9. The molecule has 0 fully saturated rings. The highest BCUT2D eigenvalue weighted by Gasteiger charge is 2.40. The minimum Gasteiger partial charge on any atom is -0.497 e. The van der Waals surface area contributed by atoms with Gasteiger partial charge >= 0.3 is 0 Å². The van der Waals surface area contributed by atoms with E-state index in [0.717, 1.165) is 23.6 Å². The van der Waals surface area contributed by atoms with Gasteiger partial charge in [0.25, 0.3) is 0 Å². The summed E-state index contributed by atoms with van der Waals surface area (Å²) in [7, 11) is -1.55. The van der Waals surface area contributed by atoms with E-state index in [-0.39, 0.29) is 30.1 Å². The third kappa shape index (κ3) is 12.7. The van der Waals surface area contributed by atoms with E-state index in [1.165, 1.54) is 0 Å². The highest BCUT2D eigenvalue weighted by atomic mass is 28.4. The van der Waals surface area contributed by atoms with Gasteiger partial charge in [-0.3, -0.25) is 0 Å². The number of aldehydes is 1. The lowest BCUT2D eigenvalue weighted by atomic mass is 10.1. The lowest BCUT2D eigenvalue weighted by Crippen LogP contribution is -2.45. The lowest BCUT2D eigenvalue weighted by Gasteiger charge is -2.40.